The largest absolute Gasteiger partial charge is 0.343 e. The molecule has 0 aliphatic carbocycles. The Morgan fingerprint density at radius 3 is 2.50 bits per heavy atom. The summed E-state index contributed by atoms with van der Waals surface area (Å²) in [6.45, 7) is 8.36. The lowest BCUT2D eigenvalue weighted by Gasteiger charge is -2.38. The lowest BCUT2D eigenvalue weighted by Crippen LogP contribution is -2.45. The van der Waals surface area contributed by atoms with Gasteiger partial charge in [-0.1, -0.05) is 54.1 Å². The van der Waals surface area contributed by atoms with Gasteiger partial charge in [0.1, 0.15) is 5.82 Å². The highest BCUT2D eigenvalue weighted by Gasteiger charge is 2.26. The van der Waals surface area contributed by atoms with Crippen LogP contribution in [0.1, 0.15) is 42.4 Å². The number of piperidine rings is 1. The highest BCUT2D eigenvalue weighted by atomic mass is 16.2. The van der Waals surface area contributed by atoms with Crippen molar-refractivity contribution in [2.24, 2.45) is 5.92 Å². The van der Waals surface area contributed by atoms with Crippen molar-refractivity contribution in [2.45, 2.75) is 45.6 Å². The standard InChI is InChI=1S/C29H36N4O/c1-23-7-9-24(10-8-23)21-26-5-2-3-6-27(26)29-30-14-20-33(29)19-13-28(34)32-17-11-25(12-18-32)22-31-15-4-16-31/h2-3,5-10,14,20,25H,4,11-13,15-19,21-22H2,1H3. The zero-order chi connectivity index (χ0) is 23.3. The van der Waals surface area contributed by atoms with E-state index in [0.717, 1.165) is 49.7 Å². The maximum Gasteiger partial charge on any atom is 0.224 e. The number of carbonyl (C=O) groups excluding carboxylic acids is 1. The van der Waals surface area contributed by atoms with Gasteiger partial charge in [-0.3, -0.25) is 4.79 Å². The number of nitrogens with zero attached hydrogens (tertiary/aromatic N) is 4. The van der Waals surface area contributed by atoms with Gasteiger partial charge in [0.15, 0.2) is 0 Å². The van der Waals surface area contributed by atoms with Crippen molar-refractivity contribution in [3.8, 4) is 11.4 Å². The summed E-state index contributed by atoms with van der Waals surface area (Å²) in [5.41, 5.74) is 4.98. The molecule has 5 nitrogen and oxygen atoms in total. The lowest BCUT2D eigenvalue weighted by atomic mass is 9.95. The van der Waals surface area contributed by atoms with Crippen LogP contribution in [0.4, 0.5) is 0 Å². The number of imidazole rings is 1. The Morgan fingerprint density at radius 1 is 1.00 bits per heavy atom. The van der Waals surface area contributed by atoms with E-state index in [0.29, 0.717) is 13.0 Å². The van der Waals surface area contributed by atoms with Gasteiger partial charge in [0.25, 0.3) is 0 Å². The molecule has 1 aromatic heterocycles. The molecule has 2 saturated heterocycles. The van der Waals surface area contributed by atoms with Crippen molar-refractivity contribution in [1.82, 2.24) is 19.4 Å². The minimum Gasteiger partial charge on any atom is -0.343 e. The summed E-state index contributed by atoms with van der Waals surface area (Å²) >= 11 is 0. The quantitative estimate of drug-likeness (QED) is 0.490. The molecular weight excluding hydrogens is 420 g/mol. The first-order valence-electron chi connectivity index (χ1n) is 12.8. The van der Waals surface area contributed by atoms with E-state index in [1.165, 1.54) is 42.7 Å². The van der Waals surface area contributed by atoms with Gasteiger partial charge in [-0.25, -0.2) is 4.98 Å². The summed E-state index contributed by atoms with van der Waals surface area (Å²) in [5.74, 6) is 1.98. The van der Waals surface area contributed by atoms with Gasteiger partial charge in [0.05, 0.1) is 0 Å². The van der Waals surface area contributed by atoms with Gasteiger partial charge < -0.3 is 14.4 Å². The zero-order valence-electron chi connectivity index (χ0n) is 20.3. The van der Waals surface area contributed by atoms with Crippen LogP contribution in [0.5, 0.6) is 0 Å². The molecule has 2 aromatic carbocycles. The van der Waals surface area contributed by atoms with Crippen LogP contribution in [-0.2, 0) is 17.8 Å². The third-order valence-electron chi connectivity index (χ3n) is 7.49. The summed E-state index contributed by atoms with van der Waals surface area (Å²) in [5, 5.41) is 0. The Bertz CT molecular complexity index is 1090. The predicted octanol–water partition coefficient (Wildman–Crippen LogP) is 4.78. The van der Waals surface area contributed by atoms with Gasteiger partial charge in [-0.2, -0.15) is 0 Å². The molecule has 0 N–H and O–H groups in total. The fourth-order valence-electron chi connectivity index (χ4n) is 5.22. The third-order valence-corrected chi connectivity index (χ3v) is 7.49. The van der Waals surface area contributed by atoms with Crippen molar-refractivity contribution in [3.63, 3.8) is 0 Å². The molecule has 178 valence electrons. The SMILES string of the molecule is Cc1ccc(Cc2ccccc2-c2nccn2CCC(=O)N2CCC(CN3CCC3)CC2)cc1. The number of aryl methyl sites for hydroxylation is 2. The molecular formula is C29H36N4O. The van der Waals surface area contributed by atoms with E-state index in [1.807, 2.05) is 12.4 Å². The molecule has 0 atom stereocenters. The average molecular weight is 457 g/mol. The summed E-state index contributed by atoms with van der Waals surface area (Å²) < 4.78 is 2.14. The van der Waals surface area contributed by atoms with Gasteiger partial charge in [-0.05, 0) is 62.7 Å². The second-order valence-electron chi connectivity index (χ2n) is 9.99. The molecule has 0 saturated carbocycles. The Balaban J connectivity index is 1.20. The molecule has 2 fully saturated rings. The smallest absolute Gasteiger partial charge is 0.224 e. The first-order chi connectivity index (χ1) is 16.7. The number of rotatable bonds is 8. The van der Waals surface area contributed by atoms with Crippen LogP contribution in [0.15, 0.2) is 60.9 Å². The molecule has 0 bridgehead atoms. The van der Waals surface area contributed by atoms with Crippen LogP contribution in [-0.4, -0.2) is 58.0 Å². The monoisotopic (exact) mass is 456 g/mol. The summed E-state index contributed by atoms with van der Waals surface area (Å²) in [6.07, 6.45) is 8.89. The first kappa shape index (κ1) is 22.9. The van der Waals surface area contributed by atoms with Crippen LogP contribution < -0.4 is 0 Å². The van der Waals surface area contributed by atoms with Crippen molar-refractivity contribution < 1.29 is 4.79 Å². The summed E-state index contributed by atoms with van der Waals surface area (Å²) in [6, 6.07) is 17.2. The van der Waals surface area contributed by atoms with Crippen LogP contribution in [0.25, 0.3) is 11.4 Å². The molecule has 3 heterocycles. The molecule has 0 spiro atoms. The van der Waals surface area contributed by atoms with Crippen molar-refractivity contribution in [1.29, 1.82) is 0 Å². The van der Waals surface area contributed by atoms with Crippen LogP contribution in [0.3, 0.4) is 0 Å². The normalized spacial score (nSPS) is 17.0. The van der Waals surface area contributed by atoms with E-state index >= 15 is 0 Å². The highest BCUT2D eigenvalue weighted by Crippen LogP contribution is 2.26. The van der Waals surface area contributed by atoms with Crippen molar-refractivity contribution >= 4 is 5.91 Å². The molecule has 0 unspecified atom stereocenters. The van der Waals surface area contributed by atoms with Gasteiger partial charge in [0, 0.05) is 50.6 Å². The van der Waals surface area contributed by atoms with E-state index in [4.69, 9.17) is 0 Å². The second-order valence-corrected chi connectivity index (χ2v) is 9.99. The molecule has 1 amide bonds. The minimum atomic E-state index is 0.273. The predicted molar refractivity (Wildman–Crippen MR) is 137 cm³/mol. The maximum absolute atomic E-state index is 13.0. The number of carbonyl (C=O) groups is 1. The molecule has 0 radical (unpaired) electrons. The fourth-order valence-corrected chi connectivity index (χ4v) is 5.22. The summed E-state index contributed by atoms with van der Waals surface area (Å²) in [4.78, 5) is 22.3. The lowest BCUT2D eigenvalue weighted by molar-refractivity contribution is -0.132. The van der Waals surface area contributed by atoms with E-state index in [9.17, 15) is 4.79 Å². The van der Waals surface area contributed by atoms with Gasteiger partial charge in [-0.15, -0.1) is 0 Å². The fraction of sp³-hybridized carbons (Fsp3) is 0.448. The molecule has 5 rings (SSSR count). The first-order valence-corrected chi connectivity index (χ1v) is 12.8. The van der Waals surface area contributed by atoms with Crippen molar-refractivity contribution in [3.05, 3.63) is 77.6 Å². The number of amides is 1. The molecule has 2 aliphatic rings. The second kappa shape index (κ2) is 10.6. The molecule has 34 heavy (non-hydrogen) atoms. The highest BCUT2D eigenvalue weighted by molar-refractivity contribution is 5.76. The summed E-state index contributed by atoms with van der Waals surface area (Å²) in [7, 11) is 0. The van der Waals surface area contributed by atoms with Crippen molar-refractivity contribution in [2.75, 3.05) is 32.7 Å². The Morgan fingerprint density at radius 2 is 1.76 bits per heavy atom. The van der Waals surface area contributed by atoms with Crippen LogP contribution in [0.2, 0.25) is 0 Å². The van der Waals surface area contributed by atoms with E-state index in [2.05, 4.69) is 74.8 Å². The Hall–Kier alpha value is -2.92. The van der Waals surface area contributed by atoms with Crippen LogP contribution in [0, 0.1) is 12.8 Å². The topological polar surface area (TPSA) is 41.4 Å². The number of hydrogen-bond donors (Lipinski definition) is 0. The number of aromatic nitrogens is 2. The molecule has 3 aromatic rings. The Labute approximate surface area is 203 Å². The number of benzene rings is 2. The Kier molecular flexibility index (Phi) is 7.10. The van der Waals surface area contributed by atoms with E-state index in [-0.39, 0.29) is 5.91 Å². The average Bonchev–Trinajstić information content (AvgIpc) is 3.30. The van der Waals surface area contributed by atoms with E-state index < -0.39 is 0 Å². The number of likely N-dealkylation sites (tertiary alicyclic amines) is 2. The van der Waals surface area contributed by atoms with Gasteiger partial charge in [0.2, 0.25) is 5.91 Å². The van der Waals surface area contributed by atoms with Crippen LogP contribution >= 0.6 is 0 Å². The van der Waals surface area contributed by atoms with Gasteiger partial charge >= 0.3 is 0 Å². The molecule has 5 heteroatoms. The third kappa shape index (κ3) is 5.41. The minimum absolute atomic E-state index is 0.273. The molecule has 2 aliphatic heterocycles. The maximum atomic E-state index is 13.0. The zero-order valence-corrected chi connectivity index (χ0v) is 20.3. The number of hydrogen-bond acceptors (Lipinski definition) is 3. The van der Waals surface area contributed by atoms with E-state index in [1.54, 1.807) is 0 Å².